The Kier molecular flexibility index (Phi) is 3.52. The van der Waals surface area contributed by atoms with Gasteiger partial charge in [-0.2, -0.15) is 0 Å². The zero-order valence-corrected chi connectivity index (χ0v) is 6.90. The first-order valence-electron chi connectivity index (χ1n) is 3.68. The smallest absolute Gasteiger partial charge is 0.177 e. The van der Waals surface area contributed by atoms with Crippen LogP contribution >= 0.6 is 0 Å². The molecule has 13 heavy (non-hydrogen) atoms. The highest BCUT2D eigenvalue weighted by Gasteiger charge is 1.94. The molecule has 1 aromatic rings. The van der Waals surface area contributed by atoms with Crippen molar-refractivity contribution in [3.05, 3.63) is 35.6 Å². The van der Waals surface area contributed by atoms with Crippen LogP contribution in [-0.2, 0) is 4.84 Å². The first kappa shape index (κ1) is 9.27. The van der Waals surface area contributed by atoms with Crippen molar-refractivity contribution in [2.75, 3.05) is 6.61 Å². The summed E-state index contributed by atoms with van der Waals surface area (Å²) < 4.78 is 12.9. The van der Waals surface area contributed by atoms with E-state index in [1.165, 1.54) is 12.3 Å². The van der Waals surface area contributed by atoms with E-state index in [0.29, 0.717) is 5.56 Å². The fourth-order valence-electron chi connectivity index (χ4n) is 0.748. The zero-order chi connectivity index (χ0) is 9.52. The van der Waals surface area contributed by atoms with Crippen LogP contribution in [0.4, 0.5) is 4.39 Å². The van der Waals surface area contributed by atoms with Crippen molar-refractivity contribution in [1.29, 1.82) is 0 Å². The van der Waals surface area contributed by atoms with Gasteiger partial charge in [-0.25, -0.2) is 4.39 Å². The lowest BCUT2D eigenvalue weighted by Crippen LogP contribution is -1.88. The van der Waals surface area contributed by atoms with Crippen LogP contribution in [0.3, 0.4) is 0 Å². The topological polar surface area (TPSA) is 21.6 Å². The van der Waals surface area contributed by atoms with Gasteiger partial charge in [-0.1, -0.05) is 29.3 Å². The van der Waals surface area contributed by atoms with E-state index in [9.17, 15) is 4.39 Å². The van der Waals surface area contributed by atoms with Crippen molar-refractivity contribution in [3.63, 3.8) is 0 Å². The summed E-state index contributed by atoms with van der Waals surface area (Å²) in [6.07, 6.45) is 6.20. The highest BCUT2D eigenvalue weighted by atomic mass is 19.1. The first-order chi connectivity index (χ1) is 6.34. The lowest BCUT2D eigenvalue weighted by molar-refractivity contribution is 0.181. The van der Waals surface area contributed by atoms with Gasteiger partial charge in [0.05, 0.1) is 6.21 Å². The summed E-state index contributed by atoms with van der Waals surface area (Å²) in [6.45, 7) is 0.0882. The van der Waals surface area contributed by atoms with Gasteiger partial charge < -0.3 is 4.84 Å². The molecule has 0 spiro atoms. The highest BCUT2D eigenvalue weighted by Crippen LogP contribution is 2.02. The molecular weight excluding hydrogens is 169 g/mol. The predicted octanol–water partition coefficient (Wildman–Crippen LogP) is 1.81. The Hall–Kier alpha value is -1.82. The normalized spacial score (nSPS) is 9.85. The monoisotopic (exact) mass is 177 g/mol. The van der Waals surface area contributed by atoms with Gasteiger partial charge in [0, 0.05) is 5.56 Å². The number of hydrogen-bond donors (Lipinski definition) is 0. The molecule has 1 rings (SSSR count). The molecule has 1 aromatic carbocycles. The summed E-state index contributed by atoms with van der Waals surface area (Å²) in [5, 5.41) is 3.48. The Labute approximate surface area is 76.0 Å². The minimum atomic E-state index is -0.337. The lowest BCUT2D eigenvalue weighted by atomic mass is 10.2. The van der Waals surface area contributed by atoms with Crippen molar-refractivity contribution in [2.24, 2.45) is 5.16 Å². The van der Waals surface area contributed by atoms with Crippen LogP contribution < -0.4 is 0 Å². The molecule has 0 fully saturated rings. The largest absolute Gasteiger partial charge is 0.383 e. The van der Waals surface area contributed by atoms with E-state index in [1.54, 1.807) is 18.2 Å². The fourth-order valence-corrected chi connectivity index (χ4v) is 0.748. The predicted molar refractivity (Wildman–Crippen MR) is 48.8 cm³/mol. The van der Waals surface area contributed by atoms with E-state index >= 15 is 0 Å². The van der Waals surface area contributed by atoms with Gasteiger partial charge in [-0.15, -0.1) is 6.42 Å². The second kappa shape index (κ2) is 4.94. The molecule has 0 saturated heterocycles. The third kappa shape index (κ3) is 2.96. The van der Waals surface area contributed by atoms with E-state index in [1.807, 2.05) is 0 Å². The van der Waals surface area contributed by atoms with Crippen LogP contribution in [0.1, 0.15) is 5.56 Å². The number of benzene rings is 1. The van der Waals surface area contributed by atoms with E-state index < -0.39 is 0 Å². The number of nitrogens with zero attached hydrogens (tertiary/aromatic N) is 1. The molecule has 0 aliphatic carbocycles. The molecule has 0 aliphatic rings. The Morgan fingerprint density at radius 3 is 3.00 bits per heavy atom. The van der Waals surface area contributed by atoms with Crippen LogP contribution in [0.25, 0.3) is 0 Å². The first-order valence-corrected chi connectivity index (χ1v) is 3.68. The summed E-state index contributed by atoms with van der Waals surface area (Å²) in [5.41, 5.74) is 0.375. The lowest BCUT2D eigenvalue weighted by Gasteiger charge is -1.94. The maximum absolute atomic E-state index is 12.9. The maximum atomic E-state index is 12.9. The van der Waals surface area contributed by atoms with E-state index in [0.717, 1.165) is 0 Å². The Morgan fingerprint density at radius 2 is 2.31 bits per heavy atom. The molecule has 0 atom stereocenters. The zero-order valence-electron chi connectivity index (χ0n) is 6.90. The second-order valence-corrected chi connectivity index (χ2v) is 2.23. The van der Waals surface area contributed by atoms with Crippen molar-refractivity contribution in [3.8, 4) is 12.3 Å². The Morgan fingerprint density at radius 1 is 1.54 bits per heavy atom. The van der Waals surface area contributed by atoms with Crippen molar-refractivity contribution < 1.29 is 9.23 Å². The minimum absolute atomic E-state index is 0.0882. The van der Waals surface area contributed by atoms with Crippen LogP contribution in [0.2, 0.25) is 0 Å². The highest BCUT2D eigenvalue weighted by molar-refractivity contribution is 5.79. The molecule has 66 valence electrons. The van der Waals surface area contributed by atoms with E-state index in [-0.39, 0.29) is 12.4 Å². The van der Waals surface area contributed by atoms with Crippen molar-refractivity contribution >= 4 is 6.21 Å². The van der Waals surface area contributed by atoms with Gasteiger partial charge in [0.25, 0.3) is 0 Å². The summed E-state index contributed by atoms with van der Waals surface area (Å²) in [5.74, 6) is 1.90. The average Bonchev–Trinajstić information content (AvgIpc) is 2.15. The number of halogens is 1. The van der Waals surface area contributed by atoms with Gasteiger partial charge in [0.1, 0.15) is 5.82 Å². The summed E-state index contributed by atoms with van der Waals surface area (Å²) in [6, 6.07) is 6.27. The molecule has 0 unspecified atom stereocenters. The fraction of sp³-hybridized carbons (Fsp3) is 0.100. The average molecular weight is 177 g/mol. The van der Waals surface area contributed by atoms with Crippen LogP contribution in [0.5, 0.6) is 0 Å². The van der Waals surface area contributed by atoms with Gasteiger partial charge in [-0.05, 0) is 6.07 Å². The van der Waals surface area contributed by atoms with Gasteiger partial charge in [-0.3, -0.25) is 0 Å². The number of terminal acetylenes is 1. The third-order valence-corrected chi connectivity index (χ3v) is 1.32. The second-order valence-electron chi connectivity index (χ2n) is 2.23. The van der Waals surface area contributed by atoms with Crippen LogP contribution in [-0.4, -0.2) is 12.8 Å². The molecule has 0 heterocycles. The molecule has 3 heteroatoms. The molecule has 0 N–H and O–H groups in total. The Bertz CT molecular complexity index is 341. The molecule has 2 nitrogen and oxygen atoms in total. The van der Waals surface area contributed by atoms with Crippen molar-refractivity contribution in [2.45, 2.75) is 0 Å². The van der Waals surface area contributed by atoms with Gasteiger partial charge >= 0.3 is 0 Å². The van der Waals surface area contributed by atoms with Crippen LogP contribution in [0, 0.1) is 18.2 Å². The number of hydrogen-bond acceptors (Lipinski definition) is 2. The summed E-state index contributed by atoms with van der Waals surface area (Å²) in [7, 11) is 0. The van der Waals surface area contributed by atoms with Gasteiger partial charge in [0.2, 0.25) is 0 Å². The molecule has 0 aliphatic heterocycles. The number of rotatable bonds is 3. The third-order valence-electron chi connectivity index (χ3n) is 1.32. The van der Waals surface area contributed by atoms with Gasteiger partial charge in [0.15, 0.2) is 6.61 Å². The summed E-state index contributed by atoms with van der Waals surface area (Å²) >= 11 is 0. The SMILES string of the molecule is C#CCON=Cc1ccccc1F. The molecule has 0 amide bonds. The molecule has 0 radical (unpaired) electrons. The van der Waals surface area contributed by atoms with Crippen molar-refractivity contribution in [1.82, 2.24) is 0 Å². The Balaban J connectivity index is 2.59. The molecule has 0 bridgehead atoms. The van der Waals surface area contributed by atoms with Crippen LogP contribution in [0.15, 0.2) is 29.4 Å². The van der Waals surface area contributed by atoms with E-state index in [4.69, 9.17) is 6.42 Å². The quantitative estimate of drug-likeness (QED) is 0.298. The maximum Gasteiger partial charge on any atom is 0.177 e. The number of oxime groups is 1. The minimum Gasteiger partial charge on any atom is -0.383 e. The molecule has 0 saturated carbocycles. The van der Waals surface area contributed by atoms with E-state index in [2.05, 4.69) is 15.9 Å². The standard InChI is InChI=1S/C10H8FNO/c1-2-7-13-12-8-9-5-3-4-6-10(9)11/h1,3-6,8H,7H2. The molecule has 0 aromatic heterocycles. The summed E-state index contributed by atoms with van der Waals surface area (Å²) in [4.78, 5) is 4.61. The molecular formula is C10H8FNO.